The number of aryl methyl sites for hydroxylation is 1. The molecule has 0 saturated heterocycles. The van der Waals surface area contributed by atoms with Gasteiger partial charge in [-0.15, -0.1) is 21.5 Å². The molecule has 0 saturated carbocycles. The second-order valence-corrected chi connectivity index (χ2v) is 6.71. The van der Waals surface area contributed by atoms with Gasteiger partial charge in [0.15, 0.2) is 0 Å². The van der Waals surface area contributed by atoms with E-state index in [1.54, 1.807) is 29.5 Å². The molecule has 0 amide bonds. The Morgan fingerprint density at radius 1 is 1.36 bits per heavy atom. The Morgan fingerprint density at radius 3 is 2.92 bits per heavy atom. The van der Waals surface area contributed by atoms with Crippen LogP contribution in [0.2, 0.25) is 0 Å². The summed E-state index contributed by atoms with van der Waals surface area (Å²) in [5.41, 5.74) is 2.10. The Kier molecular flexibility index (Phi) is 5.18. The van der Waals surface area contributed by atoms with Crippen molar-refractivity contribution >= 4 is 17.3 Å². The number of hydrogen-bond acceptors (Lipinski definition) is 7. The number of benzene rings is 1. The molecule has 0 spiro atoms. The molecule has 0 aliphatic heterocycles. The smallest absolute Gasteiger partial charge is 0.338 e. The highest BCUT2D eigenvalue weighted by atomic mass is 32.1. The van der Waals surface area contributed by atoms with Crippen LogP contribution in [0, 0.1) is 0 Å². The van der Waals surface area contributed by atoms with Crippen molar-refractivity contribution in [2.75, 3.05) is 0 Å². The average Bonchev–Trinajstić information content (AvgIpc) is 3.24. The first kappa shape index (κ1) is 17.2. The van der Waals surface area contributed by atoms with Crippen LogP contribution in [0.5, 0.6) is 0 Å². The Balaban J connectivity index is 1.76. The van der Waals surface area contributed by atoms with Gasteiger partial charge in [-0.1, -0.05) is 19.1 Å². The fourth-order valence-corrected chi connectivity index (χ4v) is 2.96. The van der Waals surface area contributed by atoms with E-state index in [0.717, 1.165) is 22.7 Å². The number of ether oxygens (including phenoxy) is 1. The van der Waals surface area contributed by atoms with Gasteiger partial charge in [0.25, 0.3) is 0 Å². The number of tetrazole rings is 1. The van der Waals surface area contributed by atoms with Crippen LogP contribution in [-0.4, -0.2) is 37.3 Å². The van der Waals surface area contributed by atoms with Crippen LogP contribution < -0.4 is 0 Å². The fraction of sp³-hybridized carbons (Fsp3) is 0.353. The molecule has 2 aromatic heterocycles. The first-order chi connectivity index (χ1) is 12.0. The van der Waals surface area contributed by atoms with Crippen LogP contribution in [0.25, 0.3) is 11.4 Å². The van der Waals surface area contributed by atoms with Gasteiger partial charge in [0.2, 0.25) is 5.82 Å². The van der Waals surface area contributed by atoms with Gasteiger partial charge in [0.05, 0.1) is 22.4 Å². The van der Waals surface area contributed by atoms with Gasteiger partial charge >= 0.3 is 5.97 Å². The molecule has 0 aliphatic rings. The van der Waals surface area contributed by atoms with Gasteiger partial charge in [-0.05, 0) is 37.6 Å². The normalized spacial score (nSPS) is 11.0. The maximum Gasteiger partial charge on any atom is 0.338 e. The highest BCUT2D eigenvalue weighted by Gasteiger charge is 2.13. The highest BCUT2D eigenvalue weighted by molar-refractivity contribution is 7.09. The molecule has 0 fully saturated rings. The molecule has 2 heterocycles. The molecule has 0 bridgehead atoms. The lowest BCUT2D eigenvalue weighted by Crippen LogP contribution is -2.11. The Labute approximate surface area is 149 Å². The fourth-order valence-electron chi connectivity index (χ4n) is 2.22. The molecule has 0 N–H and O–H groups in total. The molecule has 0 unspecified atom stereocenters. The van der Waals surface area contributed by atoms with Crippen molar-refractivity contribution in [2.24, 2.45) is 0 Å². The van der Waals surface area contributed by atoms with E-state index in [4.69, 9.17) is 4.74 Å². The SMILES string of the molecule is CCc1nc(Cn2nnc(-c3cccc(C(=O)OC(C)C)c3)n2)cs1. The first-order valence-electron chi connectivity index (χ1n) is 8.07. The van der Waals surface area contributed by atoms with Crippen LogP contribution in [0.3, 0.4) is 0 Å². The first-order valence-corrected chi connectivity index (χ1v) is 8.95. The predicted molar refractivity (Wildman–Crippen MR) is 94.4 cm³/mol. The van der Waals surface area contributed by atoms with Crippen LogP contribution in [0.4, 0.5) is 0 Å². The summed E-state index contributed by atoms with van der Waals surface area (Å²) in [6, 6.07) is 7.04. The lowest BCUT2D eigenvalue weighted by molar-refractivity contribution is 0.0378. The Morgan fingerprint density at radius 2 is 2.20 bits per heavy atom. The summed E-state index contributed by atoms with van der Waals surface area (Å²) in [4.78, 5) is 18.0. The summed E-state index contributed by atoms with van der Waals surface area (Å²) >= 11 is 1.63. The van der Waals surface area contributed by atoms with Crippen molar-refractivity contribution in [3.63, 3.8) is 0 Å². The maximum atomic E-state index is 12.0. The largest absolute Gasteiger partial charge is 0.459 e. The zero-order chi connectivity index (χ0) is 17.8. The molecule has 0 aliphatic carbocycles. The second-order valence-electron chi connectivity index (χ2n) is 5.76. The van der Waals surface area contributed by atoms with Gasteiger partial charge in [0, 0.05) is 10.9 Å². The van der Waals surface area contributed by atoms with E-state index < -0.39 is 0 Å². The van der Waals surface area contributed by atoms with Gasteiger partial charge < -0.3 is 4.74 Å². The van der Waals surface area contributed by atoms with Crippen molar-refractivity contribution in [3.05, 3.63) is 45.9 Å². The van der Waals surface area contributed by atoms with E-state index in [1.807, 2.05) is 25.3 Å². The monoisotopic (exact) mass is 357 g/mol. The van der Waals surface area contributed by atoms with Gasteiger partial charge in [-0.3, -0.25) is 0 Å². The minimum Gasteiger partial charge on any atom is -0.459 e. The van der Waals surface area contributed by atoms with Gasteiger partial charge in [-0.25, -0.2) is 9.78 Å². The summed E-state index contributed by atoms with van der Waals surface area (Å²) in [5.74, 6) is 0.101. The summed E-state index contributed by atoms with van der Waals surface area (Å²) in [5, 5.41) is 15.6. The molecule has 8 heteroatoms. The Hall–Kier alpha value is -2.61. The van der Waals surface area contributed by atoms with Gasteiger partial charge in [-0.2, -0.15) is 4.80 Å². The topological polar surface area (TPSA) is 82.8 Å². The predicted octanol–water partition coefficient (Wildman–Crippen LogP) is 2.97. The van der Waals surface area contributed by atoms with Crippen LogP contribution in [-0.2, 0) is 17.7 Å². The quantitative estimate of drug-likeness (QED) is 0.631. The van der Waals surface area contributed by atoms with E-state index >= 15 is 0 Å². The molecular weight excluding hydrogens is 338 g/mol. The number of aromatic nitrogens is 5. The van der Waals surface area contributed by atoms with E-state index in [9.17, 15) is 4.79 Å². The number of esters is 1. The van der Waals surface area contributed by atoms with Crippen LogP contribution >= 0.6 is 11.3 Å². The molecule has 3 rings (SSSR count). The molecular formula is C17H19N5O2S. The van der Waals surface area contributed by atoms with Crippen molar-refractivity contribution in [1.82, 2.24) is 25.2 Å². The number of rotatable bonds is 6. The lowest BCUT2D eigenvalue weighted by Gasteiger charge is -2.08. The van der Waals surface area contributed by atoms with Crippen LogP contribution in [0.1, 0.15) is 41.8 Å². The average molecular weight is 357 g/mol. The number of thiazole rings is 1. The number of hydrogen-bond donors (Lipinski definition) is 0. The van der Waals surface area contributed by atoms with Crippen LogP contribution in [0.15, 0.2) is 29.6 Å². The second kappa shape index (κ2) is 7.52. The maximum absolute atomic E-state index is 12.0. The molecule has 0 radical (unpaired) electrons. The minimum atomic E-state index is -0.362. The molecule has 130 valence electrons. The third-order valence-corrected chi connectivity index (χ3v) is 4.40. The third-order valence-electron chi connectivity index (χ3n) is 3.36. The highest BCUT2D eigenvalue weighted by Crippen LogP contribution is 2.17. The molecule has 7 nitrogen and oxygen atoms in total. The minimum absolute atomic E-state index is 0.165. The van der Waals surface area contributed by atoms with E-state index in [1.165, 1.54) is 4.80 Å². The summed E-state index contributed by atoms with van der Waals surface area (Å²) in [6.07, 6.45) is 0.751. The van der Waals surface area contributed by atoms with E-state index in [0.29, 0.717) is 17.9 Å². The van der Waals surface area contributed by atoms with E-state index in [2.05, 4.69) is 27.3 Å². The number of carbonyl (C=O) groups excluding carboxylic acids is 1. The van der Waals surface area contributed by atoms with Crippen molar-refractivity contribution in [3.8, 4) is 11.4 Å². The Bertz CT molecular complexity index is 871. The zero-order valence-corrected chi connectivity index (χ0v) is 15.2. The zero-order valence-electron chi connectivity index (χ0n) is 14.3. The van der Waals surface area contributed by atoms with Crippen molar-refractivity contribution < 1.29 is 9.53 Å². The molecule has 25 heavy (non-hydrogen) atoms. The molecule has 1 aromatic carbocycles. The lowest BCUT2D eigenvalue weighted by atomic mass is 10.1. The number of carbonyl (C=O) groups is 1. The summed E-state index contributed by atoms with van der Waals surface area (Å²) in [6.45, 7) is 6.18. The third kappa shape index (κ3) is 4.27. The number of nitrogens with zero attached hydrogens (tertiary/aromatic N) is 5. The van der Waals surface area contributed by atoms with Crippen molar-refractivity contribution in [1.29, 1.82) is 0 Å². The summed E-state index contributed by atoms with van der Waals surface area (Å²) in [7, 11) is 0. The van der Waals surface area contributed by atoms with E-state index in [-0.39, 0.29) is 12.1 Å². The molecule has 0 atom stereocenters. The summed E-state index contributed by atoms with van der Waals surface area (Å²) < 4.78 is 5.22. The standard InChI is InChI=1S/C17H19N5O2S/c1-4-15-18-14(10-25-15)9-22-20-16(19-21-22)12-6-5-7-13(8-12)17(23)24-11(2)3/h5-8,10-11H,4,9H2,1-3H3. The van der Waals surface area contributed by atoms with Crippen molar-refractivity contribution in [2.45, 2.75) is 39.8 Å². The van der Waals surface area contributed by atoms with Gasteiger partial charge in [0.1, 0.15) is 6.54 Å². The molecule has 3 aromatic rings.